The molecule has 1 fully saturated rings. The van der Waals surface area contributed by atoms with E-state index in [1.54, 1.807) is 0 Å². The van der Waals surface area contributed by atoms with Crippen LogP contribution in [0.2, 0.25) is 0 Å². The molecule has 0 heterocycles. The lowest BCUT2D eigenvalue weighted by Crippen LogP contribution is -2.38. The number of unbranched alkanes of at least 4 members (excludes halogenated alkanes) is 1. The minimum absolute atomic E-state index is 0.774. The molecule has 1 nitrogen and oxygen atoms in total. The van der Waals surface area contributed by atoms with Gasteiger partial charge in [-0.25, -0.2) is 0 Å². The van der Waals surface area contributed by atoms with Crippen molar-refractivity contribution in [2.45, 2.75) is 91.0 Å². The van der Waals surface area contributed by atoms with Crippen LogP contribution in [0.3, 0.4) is 0 Å². The highest BCUT2D eigenvalue weighted by atomic mass is 14.9. The van der Waals surface area contributed by atoms with E-state index in [0.29, 0.717) is 0 Å². The van der Waals surface area contributed by atoms with E-state index in [1.165, 1.54) is 64.2 Å². The number of hydrogen-bond acceptors (Lipinski definition) is 1. The van der Waals surface area contributed by atoms with E-state index < -0.39 is 0 Å². The van der Waals surface area contributed by atoms with Crippen LogP contribution in [0.25, 0.3) is 0 Å². The van der Waals surface area contributed by atoms with E-state index in [0.717, 1.165) is 23.8 Å². The van der Waals surface area contributed by atoms with Crippen molar-refractivity contribution in [3.8, 4) is 0 Å². The summed E-state index contributed by atoms with van der Waals surface area (Å²) >= 11 is 0. The summed E-state index contributed by atoms with van der Waals surface area (Å²) in [6.07, 6.45) is 14.3. The second-order valence-electron chi connectivity index (χ2n) is 6.75. The lowest BCUT2D eigenvalue weighted by Gasteiger charge is -2.36. The molecular weight excluding hydrogens is 230 g/mol. The lowest BCUT2D eigenvalue weighted by molar-refractivity contribution is 0.189. The standard InChI is InChI=1S/C18H37N/c1-5-8-10-16(7-3)14-18(19-4)17-12-9-11-15(6-2)13-17/h15-19H,5-14H2,1-4H3. The molecule has 4 unspecified atom stereocenters. The first kappa shape index (κ1) is 17.0. The first-order valence-electron chi connectivity index (χ1n) is 8.92. The Balaban J connectivity index is 2.46. The third kappa shape index (κ3) is 5.85. The number of nitrogens with one attached hydrogen (secondary N) is 1. The zero-order valence-corrected chi connectivity index (χ0v) is 13.9. The molecule has 114 valence electrons. The molecule has 1 aliphatic rings. The highest BCUT2D eigenvalue weighted by Gasteiger charge is 2.28. The van der Waals surface area contributed by atoms with E-state index >= 15 is 0 Å². The fourth-order valence-corrected chi connectivity index (χ4v) is 3.96. The van der Waals surface area contributed by atoms with Crippen LogP contribution < -0.4 is 5.32 Å². The van der Waals surface area contributed by atoms with Crippen LogP contribution in [0.5, 0.6) is 0 Å². The number of hydrogen-bond donors (Lipinski definition) is 1. The van der Waals surface area contributed by atoms with Gasteiger partial charge >= 0.3 is 0 Å². The maximum Gasteiger partial charge on any atom is 0.00950 e. The molecule has 0 saturated heterocycles. The molecule has 19 heavy (non-hydrogen) atoms. The second kappa shape index (κ2) is 9.80. The van der Waals surface area contributed by atoms with Crippen LogP contribution in [0.1, 0.15) is 85.0 Å². The Morgan fingerprint density at radius 1 is 1.16 bits per heavy atom. The van der Waals surface area contributed by atoms with Crippen LogP contribution in [-0.2, 0) is 0 Å². The predicted octanol–water partition coefficient (Wildman–Crippen LogP) is 5.40. The summed E-state index contributed by atoms with van der Waals surface area (Å²) in [6.45, 7) is 7.07. The zero-order chi connectivity index (χ0) is 14.1. The van der Waals surface area contributed by atoms with Crippen molar-refractivity contribution in [1.82, 2.24) is 5.32 Å². The van der Waals surface area contributed by atoms with Crippen molar-refractivity contribution in [3.05, 3.63) is 0 Å². The molecule has 1 saturated carbocycles. The molecule has 1 N–H and O–H groups in total. The molecule has 0 bridgehead atoms. The van der Waals surface area contributed by atoms with Crippen molar-refractivity contribution in [1.29, 1.82) is 0 Å². The van der Waals surface area contributed by atoms with Gasteiger partial charge in [-0.2, -0.15) is 0 Å². The first-order chi connectivity index (χ1) is 9.24. The Labute approximate surface area is 121 Å². The zero-order valence-electron chi connectivity index (χ0n) is 13.9. The summed E-state index contributed by atoms with van der Waals surface area (Å²) in [5.41, 5.74) is 0. The van der Waals surface area contributed by atoms with Crippen molar-refractivity contribution >= 4 is 0 Å². The van der Waals surface area contributed by atoms with Crippen LogP contribution in [-0.4, -0.2) is 13.1 Å². The van der Waals surface area contributed by atoms with Crippen LogP contribution in [0.4, 0.5) is 0 Å². The van der Waals surface area contributed by atoms with Crippen molar-refractivity contribution in [2.75, 3.05) is 7.05 Å². The van der Waals surface area contributed by atoms with E-state index in [1.807, 2.05) is 0 Å². The van der Waals surface area contributed by atoms with Gasteiger partial charge in [0.1, 0.15) is 0 Å². The quantitative estimate of drug-likeness (QED) is 0.590. The summed E-state index contributed by atoms with van der Waals surface area (Å²) in [6, 6.07) is 0.774. The highest BCUT2D eigenvalue weighted by molar-refractivity contribution is 4.83. The molecule has 0 aromatic heterocycles. The first-order valence-corrected chi connectivity index (χ1v) is 8.92. The van der Waals surface area contributed by atoms with Gasteiger partial charge in [-0.3, -0.25) is 0 Å². The number of rotatable bonds is 9. The van der Waals surface area contributed by atoms with E-state index in [2.05, 4.69) is 33.1 Å². The van der Waals surface area contributed by atoms with Crippen molar-refractivity contribution in [2.24, 2.45) is 17.8 Å². The minimum Gasteiger partial charge on any atom is -0.317 e. The molecule has 0 aliphatic heterocycles. The van der Waals surface area contributed by atoms with Crippen LogP contribution >= 0.6 is 0 Å². The smallest absolute Gasteiger partial charge is 0.00950 e. The van der Waals surface area contributed by atoms with Gasteiger partial charge in [-0.05, 0) is 44.1 Å². The van der Waals surface area contributed by atoms with E-state index in [4.69, 9.17) is 0 Å². The normalized spacial score (nSPS) is 27.2. The molecule has 0 aromatic carbocycles. The van der Waals surface area contributed by atoms with Gasteiger partial charge in [0.2, 0.25) is 0 Å². The third-order valence-electron chi connectivity index (χ3n) is 5.47. The summed E-state index contributed by atoms with van der Waals surface area (Å²) in [5, 5.41) is 3.66. The second-order valence-corrected chi connectivity index (χ2v) is 6.75. The Bertz CT molecular complexity index is 214. The van der Waals surface area contributed by atoms with Crippen molar-refractivity contribution < 1.29 is 0 Å². The summed E-state index contributed by atoms with van der Waals surface area (Å²) in [7, 11) is 2.19. The molecule has 1 rings (SSSR count). The van der Waals surface area contributed by atoms with E-state index in [9.17, 15) is 0 Å². The maximum absolute atomic E-state index is 3.66. The van der Waals surface area contributed by atoms with Gasteiger partial charge in [0.15, 0.2) is 0 Å². The van der Waals surface area contributed by atoms with Gasteiger partial charge in [0.05, 0.1) is 0 Å². The Kier molecular flexibility index (Phi) is 8.77. The fraction of sp³-hybridized carbons (Fsp3) is 1.00. The van der Waals surface area contributed by atoms with Gasteiger partial charge in [0, 0.05) is 6.04 Å². The van der Waals surface area contributed by atoms with Gasteiger partial charge in [-0.1, -0.05) is 65.7 Å². The largest absolute Gasteiger partial charge is 0.317 e. The highest BCUT2D eigenvalue weighted by Crippen LogP contribution is 2.35. The fourth-order valence-electron chi connectivity index (χ4n) is 3.96. The van der Waals surface area contributed by atoms with Gasteiger partial charge < -0.3 is 5.32 Å². The molecule has 0 amide bonds. The average molecular weight is 268 g/mol. The molecule has 0 radical (unpaired) electrons. The van der Waals surface area contributed by atoms with Gasteiger partial charge in [-0.15, -0.1) is 0 Å². The van der Waals surface area contributed by atoms with Crippen LogP contribution in [0.15, 0.2) is 0 Å². The summed E-state index contributed by atoms with van der Waals surface area (Å²) in [5.74, 6) is 2.89. The van der Waals surface area contributed by atoms with Gasteiger partial charge in [0.25, 0.3) is 0 Å². The molecule has 0 spiro atoms. The summed E-state index contributed by atoms with van der Waals surface area (Å²) < 4.78 is 0. The molecule has 1 aliphatic carbocycles. The minimum atomic E-state index is 0.774. The topological polar surface area (TPSA) is 12.0 Å². The predicted molar refractivity (Wildman–Crippen MR) is 86.5 cm³/mol. The molecule has 1 heteroatoms. The molecular formula is C18H37N. The SMILES string of the molecule is CCCCC(CC)CC(NC)C1CCCC(CC)C1. The Morgan fingerprint density at radius 2 is 1.95 bits per heavy atom. The molecule has 0 aromatic rings. The van der Waals surface area contributed by atoms with E-state index in [-0.39, 0.29) is 0 Å². The van der Waals surface area contributed by atoms with Crippen LogP contribution in [0, 0.1) is 17.8 Å². The summed E-state index contributed by atoms with van der Waals surface area (Å²) in [4.78, 5) is 0. The Morgan fingerprint density at radius 3 is 2.53 bits per heavy atom. The Hall–Kier alpha value is -0.0400. The average Bonchev–Trinajstić information content (AvgIpc) is 2.47. The maximum atomic E-state index is 3.66. The van der Waals surface area contributed by atoms with Crippen molar-refractivity contribution in [3.63, 3.8) is 0 Å². The monoisotopic (exact) mass is 267 g/mol. The third-order valence-corrected chi connectivity index (χ3v) is 5.47. The molecule has 4 atom stereocenters. The lowest BCUT2D eigenvalue weighted by atomic mass is 9.74.